The summed E-state index contributed by atoms with van der Waals surface area (Å²) in [6.07, 6.45) is 4.41. The van der Waals surface area contributed by atoms with Crippen LogP contribution in [0.15, 0.2) is 23.1 Å². The Bertz CT molecular complexity index is 575. The van der Waals surface area contributed by atoms with Crippen LogP contribution in [-0.4, -0.2) is 15.0 Å². The molecule has 0 radical (unpaired) electrons. The van der Waals surface area contributed by atoms with Crippen LogP contribution >= 0.6 is 0 Å². The summed E-state index contributed by atoms with van der Waals surface area (Å²) < 4.78 is 40.1. The summed E-state index contributed by atoms with van der Waals surface area (Å²) in [5.41, 5.74) is 5.69. The van der Waals surface area contributed by atoms with Gasteiger partial charge < -0.3 is 5.73 Å². The third kappa shape index (κ3) is 3.70. The van der Waals surface area contributed by atoms with Gasteiger partial charge in [-0.1, -0.05) is 19.8 Å². The van der Waals surface area contributed by atoms with Gasteiger partial charge in [-0.25, -0.2) is 17.5 Å². The highest BCUT2D eigenvalue weighted by Gasteiger charge is 2.23. The summed E-state index contributed by atoms with van der Waals surface area (Å²) in [5, 5.41) is 0. The van der Waals surface area contributed by atoms with Crippen LogP contribution in [0.4, 0.5) is 10.1 Å². The van der Waals surface area contributed by atoms with Gasteiger partial charge in [-0.2, -0.15) is 0 Å². The van der Waals surface area contributed by atoms with E-state index >= 15 is 0 Å². The monoisotopic (exact) mass is 300 g/mol. The van der Waals surface area contributed by atoms with E-state index in [0.717, 1.165) is 31.4 Å². The molecule has 2 atom stereocenters. The molecule has 4 nitrogen and oxygen atoms in total. The average molecular weight is 300 g/mol. The first-order valence-electron chi connectivity index (χ1n) is 6.93. The summed E-state index contributed by atoms with van der Waals surface area (Å²) in [6.45, 7) is 2.58. The highest BCUT2D eigenvalue weighted by Crippen LogP contribution is 2.28. The first kappa shape index (κ1) is 15.3. The first-order chi connectivity index (χ1) is 9.38. The normalized spacial score (nSPS) is 23.7. The number of anilines is 1. The van der Waals surface area contributed by atoms with Crippen LogP contribution < -0.4 is 10.5 Å². The van der Waals surface area contributed by atoms with Crippen molar-refractivity contribution in [3.63, 3.8) is 0 Å². The summed E-state index contributed by atoms with van der Waals surface area (Å²) in [6, 6.07) is 3.38. The molecule has 1 saturated carbocycles. The smallest absolute Gasteiger partial charge is 0.242 e. The molecule has 0 spiro atoms. The number of rotatable bonds is 4. The van der Waals surface area contributed by atoms with Crippen LogP contribution in [0.3, 0.4) is 0 Å². The number of hydrogen-bond donors (Lipinski definition) is 2. The fourth-order valence-electron chi connectivity index (χ4n) is 2.79. The molecule has 1 fully saturated rings. The topological polar surface area (TPSA) is 72.2 Å². The second-order valence-electron chi connectivity index (χ2n) is 5.67. The number of halogens is 1. The molecule has 1 aromatic rings. The summed E-state index contributed by atoms with van der Waals surface area (Å²) in [4.78, 5) is -0.179. The van der Waals surface area contributed by atoms with Crippen LogP contribution in [-0.2, 0) is 10.0 Å². The first-order valence-corrected chi connectivity index (χ1v) is 8.41. The van der Waals surface area contributed by atoms with Crippen molar-refractivity contribution in [2.24, 2.45) is 11.8 Å². The van der Waals surface area contributed by atoms with Gasteiger partial charge in [-0.05, 0) is 42.9 Å². The van der Waals surface area contributed by atoms with Gasteiger partial charge in [0.1, 0.15) is 10.7 Å². The van der Waals surface area contributed by atoms with Crippen molar-refractivity contribution >= 4 is 15.7 Å². The molecule has 2 rings (SSSR count). The van der Waals surface area contributed by atoms with Gasteiger partial charge in [0.05, 0.1) is 5.69 Å². The van der Waals surface area contributed by atoms with Crippen molar-refractivity contribution in [2.75, 3.05) is 12.3 Å². The van der Waals surface area contributed by atoms with E-state index in [9.17, 15) is 12.8 Å². The van der Waals surface area contributed by atoms with Gasteiger partial charge in [-0.15, -0.1) is 0 Å². The quantitative estimate of drug-likeness (QED) is 0.839. The van der Waals surface area contributed by atoms with E-state index in [1.165, 1.54) is 12.5 Å². The lowest BCUT2D eigenvalue weighted by atomic mass is 9.83. The van der Waals surface area contributed by atoms with E-state index in [-0.39, 0.29) is 10.6 Å². The highest BCUT2D eigenvalue weighted by molar-refractivity contribution is 7.89. The van der Waals surface area contributed by atoms with Gasteiger partial charge in [0.25, 0.3) is 0 Å². The molecule has 1 aliphatic rings. The van der Waals surface area contributed by atoms with Gasteiger partial charge in [0.15, 0.2) is 0 Å². The Balaban J connectivity index is 2.05. The van der Waals surface area contributed by atoms with Gasteiger partial charge in [0, 0.05) is 6.54 Å². The molecule has 0 aromatic heterocycles. The van der Waals surface area contributed by atoms with Crippen molar-refractivity contribution in [1.29, 1.82) is 0 Å². The molecule has 0 aliphatic heterocycles. The lowest BCUT2D eigenvalue weighted by Gasteiger charge is -2.26. The van der Waals surface area contributed by atoms with E-state index in [1.807, 2.05) is 0 Å². The van der Waals surface area contributed by atoms with Crippen molar-refractivity contribution in [3.05, 3.63) is 24.0 Å². The summed E-state index contributed by atoms with van der Waals surface area (Å²) >= 11 is 0. The van der Waals surface area contributed by atoms with Crippen molar-refractivity contribution in [1.82, 2.24) is 4.72 Å². The van der Waals surface area contributed by atoms with Crippen LogP contribution in [0.2, 0.25) is 0 Å². The second kappa shape index (κ2) is 6.10. The fourth-order valence-corrected chi connectivity index (χ4v) is 4.05. The lowest BCUT2D eigenvalue weighted by molar-refractivity contribution is 0.283. The van der Waals surface area contributed by atoms with Gasteiger partial charge in [-0.3, -0.25) is 0 Å². The van der Waals surface area contributed by atoms with E-state index in [2.05, 4.69) is 11.6 Å². The third-order valence-electron chi connectivity index (χ3n) is 3.87. The number of benzene rings is 1. The molecule has 0 heterocycles. The number of sulfonamides is 1. The SMILES string of the molecule is CC1CCCC(CNS(=O)(=O)c2cc(F)ccc2N)C1. The third-order valence-corrected chi connectivity index (χ3v) is 5.35. The Morgan fingerprint density at radius 2 is 2.15 bits per heavy atom. The minimum Gasteiger partial charge on any atom is -0.398 e. The van der Waals surface area contributed by atoms with E-state index in [4.69, 9.17) is 5.73 Å². The maximum Gasteiger partial charge on any atom is 0.242 e. The Hall–Kier alpha value is -1.14. The van der Waals surface area contributed by atoms with Crippen LogP contribution in [0.1, 0.15) is 32.6 Å². The molecule has 1 aromatic carbocycles. The summed E-state index contributed by atoms with van der Waals surface area (Å²) in [7, 11) is -3.75. The largest absolute Gasteiger partial charge is 0.398 e. The molecular formula is C14H21FN2O2S. The Morgan fingerprint density at radius 3 is 2.85 bits per heavy atom. The van der Waals surface area contributed by atoms with E-state index in [0.29, 0.717) is 18.4 Å². The highest BCUT2D eigenvalue weighted by atomic mass is 32.2. The summed E-state index contributed by atoms with van der Waals surface area (Å²) in [5.74, 6) is 0.381. The molecule has 0 amide bonds. The Morgan fingerprint density at radius 1 is 1.40 bits per heavy atom. The molecule has 3 N–H and O–H groups in total. The maximum atomic E-state index is 13.2. The van der Waals surface area contributed by atoms with Gasteiger partial charge >= 0.3 is 0 Å². The van der Waals surface area contributed by atoms with Crippen molar-refractivity contribution in [3.8, 4) is 0 Å². The molecule has 1 aliphatic carbocycles. The number of nitrogens with two attached hydrogens (primary N) is 1. The van der Waals surface area contributed by atoms with Crippen molar-refractivity contribution in [2.45, 2.75) is 37.5 Å². The maximum absolute atomic E-state index is 13.2. The minimum absolute atomic E-state index is 0.0657. The van der Waals surface area contributed by atoms with Gasteiger partial charge in [0.2, 0.25) is 10.0 Å². The average Bonchev–Trinajstić information content (AvgIpc) is 2.39. The molecule has 0 saturated heterocycles. The molecule has 6 heteroatoms. The standard InChI is InChI=1S/C14H21FN2O2S/c1-10-3-2-4-11(7-10)9-17-20(18,19)14-8-12(15)5-6-13(14)16/h5-6,8,10-11,17H,2-4,7,9,16H2,1H3. The zero-order valence-electron chi connectivity index (χ0n) is 11.6. The lowest BCUT2D eigenvalue weighted by Crippen LogP contribution is -2.32. The van der Waals surface area contributed by atoms with Crippen LogP contribution in [0, 0.1) is 17.7 Å². The van der Waals surface area contributed by atoms with Crippen LogP contribution in [0.25, 0.3) is 0 Å². The van der Waals surface area contributed by atoms with E-state index in [1.54, 1.807) is 0 Å². The van der Waals surface area contributed by atoms with Crippen molar-refractivity contribution < 1.29 is 12.8 Å². The number of nitrogen functional groups attached to an aromatic ring is 1. The molecule has 20 heavy (non-hydrogen) atoms. The van der Waals surface area contributed by atoms with E-state index < -0.39 is 15.8 Å². The Kier molecular flexibility index (Phi) is 4.65. The predicted molar refractivity (Wildman–Crippen MR) is 77.1 cm³/mol. The molecule has 2 unspecified atom stereocenters. The Labute approximate surface area is 119 Å². The van der Waals surface area contributed by atoms with Crippen LogP contribution in [0.5, 0.6) is 0 Å². The second-order valence-corrected chi connectivity index (χ2v) is 7.41. The molecular weight excluding hydrogens is 279 g/mol. The number of nitrogens with one attached hydrogen (secondary N) is 1. The fraction of sp³-hybridized carbons (Fsp3) is 0.571. The number of hydrogen-bond acceptors (Lipinski definition) is 3. The zero-order valence-corrected chi connectivity index (χ0v) is 12.4. The minimum atomic E-state index is -3.75. The molecule has 0 bridgehead atoms. The molecule has 112 valence electrons. The zero-order chi connectivity index (χ0) is 14.8. The predicted octanol–water partition coefficient (Wildman–Crippen LogP) is 2.51.